The van der Waals surface area contributed by atoms with Gasteiger partial charge in [-0.25, -0.2) is 9.97 Å². The van der Waals surface area contributed by atoms with E-state index >= 15 is 0 Å². The number of hydrogen-bond acceptors (Lipinski definition) is 4. The van der Waals surface area contributed by atoms with Gasteiger partial charge in [0.1, 0.15) is 5.82 Å². The Bertz CT molecular complexity index is 336. The van der Waals surface area contributed by atoms with E-state index in [1.54, 1.807) is 6.20 Å². The van der Waals surface area contributed by atoms with Crippen LogP contribution in [-0.4, -0.2) is 28.2 Å². The fourth-order valence-electron chi connectivity index (χ4n) is 1.90. The molecule has 2 rings (SSSR count). The van der Waals surface area contributed by atoms with E-state index in [2.05, 4.69) is 9.97 Å². The van der Waals surface area contributed by atoms with Gasteiger partial charge in [0.05, 0.1) is 6.61 Å². The third-order valence-electron chi connectivity index (χ3n) is 3.07. The van der Waals surface area contributed by atoms with Crippen molar-refractivity contribution in [2.45, 2.75) is 19.3 Å². The van der Waals surface area contributed by atoms with Crippen LogP contribution in [0.4, 0.5) is 0 Å². The fraction of sp³-hybridized carbons (Fsp3) is 0.600. The Morgan fingerprint density at radius 3 is 3.00 bits per heavy atom. The van der Waals surface area contributed by atoms with E-state index < -0.39 is 0 Å². The van der Waals surface area contributed by atoms with E-state index in [0.717, 1.165) is 17.9 Å². The Morgan fingerprint density at radius 2 is 2.50 bits per heavy atom. The van der Waals surface area contributed by atoms with E-state index in [-0.39, 0.29) is 12.0 Å². The molecule has 76 valence electrons. The van der Waals surface area contributed by atoms with Crippen LogP contribution in [0.3, 0.4) is 0 Å². The first-order valence-electron chi connectivity index (χ1n) is 4.82. The lowest BCUT2D eigenvalue weighted by Gasteiger charge is -2.10. The Kier molecular flexibility index (Phi) is 2.25. The van der Waals surface area contributed by atoms with Gasteiger partial charge in [0.25, 0.3) is 0 Å². The molecule has 1 saturated carbocycles. The molecule has 0 radical (unpaired) electrons. The summed E-state index contributed by atoms with van der Waals surface area (Å²) in [5.41, 5.74) is 6.54. The first-order chi connectivity index (χ1) is 6.72. The van der Waals surface area contributed by atoms with Crippen LogP contribution in [0.5, 0.6) is 0 Å². The van der Waals surface area contributed by atoms with Crippen molar-refractivity contribution in [1.82, 2.24) is 9.97 Å². The summed E-state index contributed by atoms with van der Waals surface area (Å²) in [6, 6.07) is 1.91. The zero-order chi connectivity index (χ0) is 10.2. The molecule has 2 atom stereocenters. The number of aryl methyl sites for hydroxylation is 1. The molecule has 3 N–H and O–H groups in total. The Labute approximate surface area is 83.2 Å². The van der Waals surface area contributed by atoms with Gasteiger partial charge in [0.2, 0.25) is 0 Å². The van der Waals surface area contributed by atoms with Crippen LogP contribution in [0.1, 0.15) is 23.9 Å². The molecule has 1 aliphatic carbocycles. The average Bonchev–Trinajstić information content (AvgIpc) is 2.93. The number of nitrogens with two attached hydrogens (primary N) is 1. The van der Waals surface area contributed by atoms with Crippen LogP contribution in [0, 0.1) is 12.3 Å². The number of nitrogens with zero attached hydrogens (tertiary/aromatic N) is 2. The summed E-state index contributed by atoms with van der Waals surface area (Å²) in [4.78, 5) is 8.39. The van der Waals surface area contributed by atoms with Gasteiger partial charge in [-0.05, 0) is 19.4 Å². The van der Waals surface area contributed by atoms with Crippen LogP contribution < -0.4 is 5.73 Å². The second-order valence-electron chi connectivity index (χ2n) is 4.01. The molecular weight excluding hydrogens is 178 g/mol. The third-order valence-corrected chi connectivity index (χ3v) is 3.07. The molecule has 0 aromatic carbocycles. The Morgan fingerprint density at radius 1 is 1.71 bits per heavy atom. The molecule has 0 amide bonds. The smallest absolute Gasteiger partial charge is 0.125 e. The molecule has 0 bridgehead atoms. The predicted molar refractivity (Wildman–Crippen MR) is 52.7 cm³/mol. The van der Waals surface area contributed by atoms with Crippen molar-refractivity contribution in [3.05, 3.63) is 23.8 Å². The van der Waals surface area contributed by atoms with E-state index in [0.29, 0.717) is 12.5 Å². The highest BCUT2D eigenvalue weighted by molar-refractivity contribution is 5.23. The minimum absolute atomic E-state index is 0.110. The molecule has 1 fully saturated rings. The Hall–Kier alpha value is -1.00. The molecule has 4 nitrogen and oxygen atoms in total. The maximum absolute atomic E-state index is 9.23. The number of aromatic nitrogens is 2. The number of aliphatic hydroxyl groups is 1. The molecule has 0 saturated heterocycles. The average molecular weight is 193 g/mol. The van der Waals surface area contributed by atoms with E-state index in [9.17, 15) is 5.11 Å². The van der Waals surface area contributed by atoms with Crippen LogP contribution in [-0.2, 0) is 0 Å². The van der Waals surface area contributed by atoms with Crippen molar-refractivity contribution in [1.29, 1.82) is 0 Å². The van der Waals surface area contributed by atoms with Gasteiger partial charge in [-0.2, -0.15) is 0 Å². The molecular formula is C10H15N3O. The van der Waals surface area contributed by atoms with Gasteiger partial charge in [-0.3, -0.25) is 0 Å². The second kappa shape index (κ2) is 3.29. The zero-order valence-electron chi connectivity index (χ0n) is 8.27. The molecule has 1 aromatic heterocycles. The summed E-state index contributed by atoms with van der Waals surface area (Å²) in [7, 11) is 0. The Balaban J connectivity index is 2.19. The zero-order valence-corrected chi connectivity index (χ0v) is 8.27. The van der Waals surface area contributed by atoms with E-state index in [4.69, 9.17) is 5.73 Å². The van der Waals surface area contributed by atoms with E-state index in [1.165, 1.54) is 0 Å². The lowest BCUT2D eigenvalue weighted by Crippen LogP contribution is -2.21. The number of hydrogen-bond donors (Lipinski definition) is 2. The topological polar surface area (TPSA) is 72.0 Å². The normalized spacial score (nSPS) is 30.4. The molecule has 14 heavy (non-hydrogen) atoms. The van der Waals surface area contributed by atoms with Crippen molar-refractivity contribution < 1.29 is 5.11 Å². The monoisotopic (exact) mass is 193 g/mol. The summed E-state index contributed by atoms with van der Waals surface area (Å²) in [5, 5.41) is 9.23. The minimum Gasteiger partial charge on any atom is -0.396 e. The largest absolute Gasteiger partial charge is 0.396 e. The summed E-state index contributed by atoms with van der Waals surface area (Å²) < 4.78 is 0. The minimum atomic E-state index is -0.110. The van der Waals surface area contributed by atoms with Gasteiger partial charge in [-0.15, -0.1) is 0 Å². The second-order valence-corrected chi connectivity index (χ2v) is 4.01. The molecule has 0 aliphatic heterocycles. The van der Waals surface area contributed by atoms with Crippen molar-refractivity contribution in [2.24, 2.45) is 11.1 Å². The van der Waals surface area contributed by atoms with Crippen LogP contribution >= 0.6 is 0 Å². The van der Waals surface area contributed by atoms with Crippen molar-refractivity contribution in [2.75, 3.05) is 13.2 Å². The van der Waals surface area contributed by atoms with Crippen molar-refractivity contribution in [3.63, 3.8) is 0 Å². The summed E-state index contributed by atoms with van der Waals surface area (Å²) in [6.07, 6.45) is 2.70. The quantitative estimate of drug-likeness (QED) is 0.719. The highest BCUT2D eigenvalue weighted by atomic mass is 16.3. The van der Waals surface area contributed by atoms with Gasteiger partial charge < -0.3 is 10.8 Å². The molecule has 1 heterocycles. The van der Waals surface area contributed by atoms with Gasteiger partial charge >= 0.3 is 0 Å². The van der Waals surface area contributed by atoms with Gasteiger partial charge in [0.15, 0.2) is 0 Å². The van der Waals surface area contributed by atoms with E-state index in [1.807, 2.05) is 13.0 Å². The SMILES string of the molecule is Cc1nccc(C2CC2(CN)CO)n1. The summed E-state index contributed by atoms with van der Waals surface area (Å²) in [5.74, 6) is 1.09. The van der Waals surface area contributed by atoms with Gasteiger partial charge in [0, 0.05) is 29.8 Å². The number of rotatable bonds is 3. The molecule has 2 unspecified atom stereocenters. The van der Waals surface area contributed by atoms with Crippen LogP contribution in [0.25, 0.3) is 0 Å². The third kappa shape index (κ3) is 1.40. The molecule has 0 spiro atoms. The lowest BCUT2D eigenvalue weighted by atomic mass is 10.0. The highest BCUT2D eigenvalue weighted by Crippen LogP contribution is 2.57. The molecule has 1 aliphatic rings. The first-order valence-corrected chi connectivity index (χ1v) is 4.82. The highest BCUT2D eigenvalue weighted by Gasteiger charge is 2.54. The first kappa shape index (κ1) is 9.55. The predicted octanol–water partition coefficient (Wildman–Crippen LogP) is 0.210. The van der Waals surface area contributed by atoms with Crippen molar-refractivity contribution in [3.8, 4) is 0 Å². The summed E-state index contributed by atoms with van der Waals surface area (Å²) in [6.45, 7) is 2.55. The maximum Gasteiger partial charge on any atom is 0.125 e. The van der Waals surface area contributed by atoms with Crippen LogP contribution in [0.15, 0.2) is 12.3 Å². The van der Waals surface area contributed by atoms with Crippen LogP contribution in [0.2, 0.25) is 0 Å². The summed E-state index contributed by atoms with van der Waals surface area (Å²) >= 11 is 0. The fourth-order valence-corrected chi connectivity index (χ4v) is 1.90. The van der Waals surface area contributed by atoms with Gasteiger partial charge in [-0.1, -0.05) is 0 Å². The molecule has 1 aromatic rings. The standard InChI is InChI=1S/C10H15N3O/c1-7-12-3-2-9(13-7)8-4-10(8,5-11)6-14/h2-3,8,14H,4-6,11H2,1H3. The van der Waals surface area contributed by atoms with Crippen molar-refractivity contribution >= 4 is 0 Å². The maximum atomic E-state index is 9.23. The number of aliphatic hydroxyl groups excluding tert-OH is 1. The molecule has 4 heteroatoms. The lowest BCUT2D eigenvalue weighted by molar-refractivity contribution is 0.211.